The smallest absolute Gasteiger partial charge is 0.309 e. The average Bonchev–Trinajstić information content (AvgIpc) is 2.38. The first-order valence-corrected chi connectivity index (χ1v) is 7.75. The maximum Gasteiger partial charge on any atom is 0.309 e. The Labute approximate surface area is 119 Å². The SMILES string of the molecule is CCCCC(C(=O)O)C(C)(O)c1ccc(SC)cc1. The van der Waals surface area contributed by atoms with E-state index in [2.05, 4.69) is 0 Å². The quantitative estimate of drug-likeness (QED) is 0.751. The Balaban J connectivity index is 2.99. The van der Waals surface area contributed by atoms with Gasteiger partial charge < -0.3 is 10.2 Å². The van der Waals surface area contributed by atoms with Crippen LogP contribution in [-0.2, 0) is 10.4 Å². The third kappa shape index (κ3) is 3.98. The molecule has 1 rings (SSSR count). The van der Waals surface area contributed by atoms with Crippen LogP contribution in [0.3, 0.4) is 0 Å². The second kappa shape index (κ2) is 6.96. The molecule has 0 spiro atoms. The molecule has 2 unspecified atom stereocenters. The van der Waals surface area contributed by atoms with Gasteiger partial charge in [-0.2, -0.15) is 0 Å². The first kappa shape index (κ1) is 16.1. The molecule has 0 aliphatic heterocycles. The molecule has 0 fully saturated rings. The predicted octanol–water partition coefficient (Wildman–Crippen LogP) is 3.51. The van der Waals surface area contributed by atoms with E-state index in [4.69, 9.17) is 0 Å². The van der Waals surface area contributed by atoms with Crippen molar-refractivity contribution >= 4 is 17.7 Å². The van der Waals surface area contributed by atoms with Gasteiger partial charge in [-0.3, -0.25) is 4.79 Å². The molecule has 3 nitrogen and oxygen atoms in total. The van der Waals surface area contributed by atoms with Gasteiger partial charge in [0.25, 0.3) is 0 Å². The van der Waals surface area contributed by atoms with Crippen LogP contribution in [0, 0.1) is 5.92 Å². The number of carbonyl (C=O) groups is 1. The van der Waals surface area contributed by atoms with Crippen LogP contribution < -0.4 is 0 Å². The van der Waals surface area contributed by atoms with E-state index < -0.39 is 17.5 Å². The fourth-order valence-electron chi connectivity index (χ4n) is 2.18. The lowest BCUT2D eigenvalue weighted by molar-refractivity contribution is -0.152. The van der Waals surface area contributed by atoms with Gasteiger partial charge in [-0.25, -0.2) is 0 Å². The van der Waals surface area contributed by atoms with Gasteiger partial charge in [0.05, 0.1) is 5.92 Å². The molecule has 0 aromatic heterocycles. The van der Waals surface area contributed by atoms with Crippen molar-refractivity contribution in [3.63, 3.8) is 0 Å². The highest BCUT2D eigenvalue weighted by atomic mass is 32.2. The predicted molar refractivity (Wildman–Crippen MR) is 78.4 cm³/mol. The molecule has 106 valence electrons. The normalized spacial score (nSPS) is 15.8. The molecular weight excluding hydrogens is 260 g/mol. The minimum atomic E-state index is -1.34. The first-order valence-electron chi connectivity index (χ1n) is 6.53. The van der Waals surface area contributed by atoms with Gasteiger partial charge in [-0.1, -0.05) is 31.9 Å². The zero-order valence-electron chi connectivity index (χ0n) is 11.7. The molecular formula is C15H22O3S. The number of thioether (sulfide) groups is 1. The lowest BCUT2D eigenvalue weighted by Gasteiger charge is -2.30. The van der Waals surface area contributed by atoms with E-state index in [0.717, 1.165) is 17.7 Å². The van der Waals surface area contributed by atoms with Crippen LogP contribution in [0.15, 0.2) is 29.2 Å². The van der Waals surface area contributed by atoms with E-state index in [0.29, 0.717) is 12.0 Å². The summed E-state index contributed by atoms with van der Waals surface area (Å²) in [5.41, 5.74) is -0.674. The van der Waals surface area contributed by atoms with Crippen LogP contribution in [0.4, 0.5) is 0 Å². The number of benzene rings is 1. The summed E-state index contributed by atoms with van der Waals surface area (Å²) >= 11 is 1.62. The summed E-state index contributed by atoms with van der Waals surface area (Å²) in [5.74, 6) is -1.71. The van der Waals surface area contributed by atoms with E-state index in [1.165, 1.54) is 0 Å². The summed E-state index contributed by atoms with van der Waals surface area (Å²) in [6, 6.07) is 7.45. The van der Waals surface area contributed by atoms with E-state index in [1.807, 2.05) is 37.4 Å². The maximum absolute atomic E-state index is 11.4. The van der Waals surface area contributed by atoms with Crippen LogP contribution in [-0.4, -0.2) is 22.4 Å². The summed E-state index contributed by atoms with van der Waals surface area (Å²) in [6.45, 7) is 3.61. The number of carboxylic acids is 1. The minimum Gasteiger partial charge on any atom is -0.481 e. The third-order valence-electron chi connectivity index (χ3n) is 3.50. The molecule has 4 heteroatoms. The largest absolute Gasteiger partial charge is 0.481 e. The number of unbranched alkanes of at least 4 members (excludes halogenated alkanes) is 1. The van der Waals surface area contributed by atoms with E-state index >= 15 is 0 Å². The zero-order valence-corrected chi connectivity index (χ0v) is 12.5. The van der Waals surface area contributed by atoms with Gasteiger partial charge in [0, 0.05) is 4.90 Å². The van der Waals surface area contributed by atoms with Crippen molar-refractivity contribution in [2.24, 2.45) is 5.92 Å². The Morgan fingerprint density at radius 1 is 1.37 bits per heavy atom. The Morgan fingerprint density at radius 3 is 2.37 bits per heavy atom. The monoisotopic (exact) mass is 282 g/mol. The molecule has 1 aromatic carbocycles. The molecule has 0 aliphatic carbocycles. The average molecular weight is 282 g/mol. The van der Waals surface area contributed by atoms with Crippen LogP contribution >= 0.6 is 11.8 Å². The molecule has 0 bridgehead atoms. The molecule has 0 aliphatic rings. The number of hydrogen-bond donors (Lipinski definition) is 2. The minimum absolute atomic E-state index is 0.489. The van der Waals surface area contributed by atoms with E-state index in [1.54, 1.807) is 18.7 Å². The Morgan fingerprint density at radius 2 is 1.95 bits per heavy atom. The van der Waals surface area contributed by atoms with Crippen LogP contribution in [0.25, 0.3) is 0 Å². The van der Waals surface area contributed by atoms with Gasteiger partial charge in [-0.05, 0) is 37.3 Å². The van der Waals surface area contributed by atoms with Gasteiger partial charge in [0.1, 0.15) is 5.60 Å². The maximum atomic E-state index is 11.4. The highest BCUT2D eigenvalue weighted by molar-refractivity contribution is 7.98. The summed E-state index contributed by atoms with van der Waals surface area (Å²) in [4.78, 5) is 12.5. The fraction of sp³-hybridized carbons (Fsp3) is 0.533. The highest BCUT2D eigenvalue weighted by Gasteiger charge is 2.38. The van der Waals surface area contributed by atoms with E-state index in [9.17, 15) is 15.0 Å². The standard InChI is InChI=1S/C15H22O3S/c1-4-5-6-13(14(16)17)15(2,18)11-7-9-12(19-3)10-8-11/h7-10,13,18H,4-6H2,1-3H3,(H,16,17). The highest BCUT2D eigenvalue weighted by Crippen LogP contribution is 2.33. The molecule has 2 N–H and O–H groups in total. The first-order chi connectivity index (χ1) is 8.93. The molecule has 0 saturated carbocycles. The molecule has 0 saturated heterocycles. The Hall–Kier alpha value is -1.00. The van der Waals surface area contributed by atoms with Crippen molar-refractivity contribution in [1.29, 1.82) is 0 Å². The molecule has 2 atom stereocenters. The number of carboxylic acid groups (broad SMARTS) is 1. The van der Waals surface area contributed by atoms with Crippen molar-refractivity contribution in [1.82, 2.24) is 0 Å². The molecule has 1 aromatic rings. The van der Waals surface area contributed by atoms with Crippen molar-refractivity contribution in [2.45, 2.75) is 43.6 Å². The second-order valence-corrected chi connectivity index (χ2v) is 5.79. The topological polar surface area (TPSA) is 57.5 Å². The van der Waals surface area contributed by atoms with Crippen LogP contribution in [0.2, 0.25) is 0 Å². The van der Waals surface area contributed by atoms with Gasteiger partial charge in [-0.15, -0.1) is 11.8 Å². The number of aliphatic carboxylic acids is 1. The fourth-order valence-corrected chi connectivity index (χ4v) is 2.59. The summed E-state index contributed by atoms with van der Waals surface area (Å²) in [7, 11) is 0. The Bertz CT molecular complexity index is 412. The zero-order chi connectivity index (χ0) is 14.5. The second-order valence-electron chi connectivity index (χ2n) is 4.91. The van der Waals surface area contributed by atoms with Crippen molar-refractivity contribution in [3.8, 4) is 0 Å². The molecule has 19 heavy (non-hydrogen) atoms. The molecule has 0 radical (unpaired) electrons. The summed E-state index contributed by atoms with van der Waals surface area (Å²) in [6.07, 6.45) is 4.19. The van der Waals surface area contributed by atoms with Gasteiger partial charge in [0.15, 0.2) is 0 Å². The van der Waals surface area contributed by atoms with Gasteiger partial charge >= 0.3 is 5.97 Å². The van der Waals surface area contributed by atoms with Crippen molar-refractivity contribution in [2.75, 3.05) is 6.26 Å². The summed E-state index contributed by atoms with van der Waals surface area (Å²) in [5, 5.41) is 20.0. The number of aliphatic hydroxyl groups is 1. The lowest BCUT2D eigenvalue weighted by Crippen LogP contribution is -2.37. The van der Waals surface area contributed by atoms with Gasteiger partial charge in [0.2, 0.25) is 0 Å². The third-order valence-corrected chi connectivity index (χ3v) is 4.24. The van der Waals surface area contributed by atoms with Crippen molar-refractivity contribution < 1.29 is 15.0 Å². The van der Waals surface area contributed by atoms with Crippen LogP contribution in [0.1, 0.15) is 38.7 Å². The molecule has 0 heterocycles. The number of hydrogen-bond acceptors (Lipinski definition) is 3. The number of rotatable bonds is 7. The molecule has 0 amide bonds. The lowest BCUT2D eigenvalue weighted by atomic mass is 9.80. The van der Waals surface area contributed by atoms with Crippen LogP contribution in [0.5, 0.6) is 0 Å². The summed E-state index contributed by atoms with van der Waals surface area (Å²) < 4.78 is 0. The van der Waals surface area contributed by atoms with E-state index in [-0.39, 0.29) is 0 Å². The Kier molecular flexibility index (Phi) is 5.88. The van der Waals surface area contributed by atoms with Crippen molar-refractivity contribution in [3.05, 3.63) is 29.8 Å².